The number of carbonyl (C=O) groups is 3. The fraction of sp³-hybridized carbons (Fsp3) is 0.250. The summed E-state index contributed by atoms with van der Waals surface area (Å²) in [4.78, 5) is 38.1. The Hall–Kier alpha value is -3.77. The van der Waals surface area contributed by atoms with Gasteiger partial charge in [0.15, 0.2) is 5.78 Å². The summed E-state index contributed by atoms with van der Waals surface area (Å²) in [5.41, 5.74) is 4.17. The smallest absolute Gasteiger partial charge is 0.306 e. The number of hydrogen-bond donors (Lipinski definition) is 2. The highest BCUT2D eigenvalue weighted by molar-refractivity contribution is 5.98. The highest BCUT2D eigenvalue weighted by Gasteiger charge is 2.22. The van der Waals surface area contributed by atoms with Gasteiger partial charge in [-0.2, -0.15) is 0 Å². The van der Waals surface area contributed by atoms with Crippen molar-refractivity contribution in [2.24, 2.45) is 5.92 Å². The molecule has 0 aliphatic carbocycles. The number of aryl methyl sites for hydroxylation is 1. The maximum Gasteiger partial charge on any atom is 0.306 e. The Morgan fingerprint density at radius 2 is 1.44 bits per heavy atom. The topological polar surface area (TPSA) is 86.7 Å². The Morgan fingerprint density at radius 1 is 0.853 bits per heavy atom. The molecule has 0 spiro atoms. The molecule has 3 aromatic carbocycles. The van der Waals surface area contributed by atoms with Crippen LogP contribution in [-0.2, 0) is 16.0 Å². The van der Waals surface area contributed by atoms with E-state index in [9.17, 15) is 19.5 Å². The second kappa shape index (κ2) is 11.9. The standard InChI is InChI=1S/C28H30N2O4/c1-30(2)19-27(32)29-25-16-14-22(15-17-25)21-10-12-23(13-11-21)26(31)18-24(28(33)34)9-8-20-6-4-3-5-7-20/h3-7,10-17,24H,8-9,18-19H2,1-2H3,(H,29,32)(H,33,34). The van der Waals surface area contributed by atoms with Crippen LogP contribution in [0.1, 0.15) is 28.8 Å². The minimum Gasteiger partial charge on any atom is -0.481 e. The molecule has 6 heteroatoms. The van der Waals surface area contributed by atoms with Crippen molar-refractivity contribution in [1.82, 2.24) is 4.90 Å². The number of benzene rings is 3. The molecule has 0 aliphatic heterocycles. The summed E-state index contributed by atoms with van der Waals surface area (Å²) >= 11 is 0. The number of aliphatic carboxylic acids is 1. The molecule has 3 aromatic rings. The maximum atomic E-state index is 12.7. The molecule has 0 fully saturated rings. The molecule has 0 heterocycles. The minimum atomic E-state index is -0.946. The van der Waals surface area contributed by atoms with E-state index in [0.717, 1.165) is 22.4 Å². The lowest BCUT2D eigenvalue weighted by Crippen LogP contribution is -2.26. The number of amides is 1. The van der Waals surface area contributed by atoms with E-state index in [-0.39, 0.29) is 18.1 Å². The largest absolute Gasteiger partial charge is 0.481 e. The van der Waals surface area contributed by atoms with Crippen molar-refractivity contribution in [3.63, 3.8) is 0 Å². The number of likely N-dealkylation sites (N-methyl/N-ethyl adjacent to an activating group) is 1. The zero-order valence-corrected chi connectivity index (χ0v) is 19.5. The van der Waals surface area contributed by atoms with Gasteiger partial charge in [0.25, 0.3) is 0 Å². The molecular formula is C28H30N2O4. The lowest BCUT2D eigenvalue weighted by atomic mass is 9.92. The van der Waals surface area contributed by atoms with E-state index in [2.05, 4.69) is 5.32 Å². The number of nitrogens with zero attached hydrogens (tertiary/aromatic N) is 1. The third-order valence-electron chi connectivity index (χ3n) is 5.57. The molecule has 3 rings (SSSR count). The fourth-order valence-electron chi connectivity index (χ4n) is 3.72. The second-order valence-corrected chi connectivity index (χ2v) is 8.63. The second-order valence-electron chi connectivity index (χ2n) is 8.63. The first-order chi connectivity index (χ1) is 16.3. The summed E-state index contributed by atoms with van der Waals surface area (Å²) < 4.78 is 0. The molecule has 0 radical (unpaired) electrons. The fourth-order valence-corrected chi connectivity index (χ4v) is 3.72. The minimum absolute atomic E-state index is 0.0249. The van der Waals surface area contributed by atoms with Gasteiger partial charge in [-0.1, -0.05) is 66.7 Å². The zero-order valence-electron chi connectivity index (χ0n) is 19.5. The number of Topliss-reactive ketones (excluding diaryl/α,β-unsaturated/α-hetero) is 1. The summed E-state index contributed by atoms with van der Waals surface area (Å²) in [5, 5.41) is 12.4. The molecule has 2 N–H and O–H groups in total. The van der Waals surface area contributed by atoms with Crippen LogP contribution in [0.5, 0.6) is 0 Å². The molecule has 0 aromatic heterocycles. The Bertz CT molecular complexity index is 1110. The lowest BCUT2D eigenvalue weighted by Gasteiger charge is -2.12. The zero-order chi connectivity index (χ0) is 24.5. The van der Waals surface area contributed by atoms with Gasteiger partial charge in [0, 0.05) is 17.7 Å². The lowest BCUT2D eigenvalue weighted by molar-refractivity contribution is -0.141. The van der Waals surface area contributed by atoms with Gasteiger partial charge in [0.2, 0.25) is 5.91 Å². The van der Waals surface area contributed by atoms with Crippen LogP contribution in [0, 0.1) is 5.92 Å². The molecule has 1 amide bonds. The molecule has 34 heavy (non-hydrogen) atoms. The highest BCUT2D eigenvalue weighted by atomic mass is 16.4. The van der Waals surface area contributed by atoms with Gasteiger partial charge in [-0.15, -0.1) is 0 Å². The van der Waals surface area contributed by atoms with Crippen molar-refractivity contribution in [2.45, 2.75) is 19.3 Å². The van der Waals surface area contributed by atoms with Crippen molar-refractivity contribution in [1.29, 1.82) is 0 Å². The van der Waals surface area contributed by atoms with E-state index in [4.69, 9.17) is 0 Å². The SMILES string of the molecule is CN(C)CC(=O)Nc1ccc(-c2ccc(C(=O)CC(CCc3ccccc3)C(=O)O)cc2)cc1. The van der Waals surface area contributed by atoms with E-state index in [0.29, 0.717) is 24.9 Å². The summed E-state index contributed by atoms with van der Waals surface area (Å²) in [6, 6.07) is 24.4. The van der Waals surface area contributed by atoms with Gasteiger partial charge in [-0.05, 0) is 55.8 Å². The van der Waals surface area contributed by atoms with Crippen LogP contribution >= 0.6 is 0 Å². The summed E-state index contributed by atoms with van der Waals surface area (Å²) in [6.07, 6.45) is 1.01. The Morgan fingerprint density at radius 3 is 2.00 bits per heavy atom. The van der Waals surface area contributed by atoms with Gasteiger partial charge in [0.05, 0.1) is 12.5 Å². The molecule has 176 valence electrons. The number of rotatable bonds is 11. The van der Waals surface area contributed by atoms with E-state index < -0.39 is 11.9 Å². The van der Waals surface area contributed by atoms with Crippen molar-refractivity contribution in [3.8, 4) is 11.1 Å². The van der Waals surface area contributed by atoms with Crippen molar-refractivity contribution >= 4 is 23.3 Å². The Balaban J connectivity index is 1.59. The van der Waals surface area contributed by atoms with Gasteiger partial charge in [-0.25, -0.2) is 0 Å². The molecular weight excluding hydrogens is 428 g/mol. The molecule has 0 aliphatic rings. The van der Waals surface area contributed by atoms with Crippen molar-refractivity contribution in [3.05, 3.63) is 90.0 Å². The summed E-state index contributed by atoms with van der Waals surface area (Å²) in [7, 11) is 3.67. The van der Waals surface area contributed by atoms with Gasteiger partial charge in [0.1, 0.15) is 0 Å². The van der Waals surface area contributed by atoms with E-state index in [1.165, 1.54) is 0 Å². The number of nitrogens with one attached hydrogen (secondary N) is 1. The van der Waals surface area contributed by atoms with Gasteiger partial charge < -0.3 is 15.3 Å². The summed E-state index contributed by atoms with van der Waals surface area (Å²) in [6.45, 7) is 0.312. The first-order valence-electron chi connectivity index (χ1n) is 11.3. The average molecular weight is 459 g/mol. The third kappa shape index (κ3) is 7.39. The number of carboxylic acids is 1. The van der Waals surface area contributed by atoms with Crippen LogP contribution in [-0.4, -0.2) is 48.3 Å². The first kappa shape index (κ1) is 24.9. The normalized spacial score (nSPS) is 11.7. The van der Waals surface area contributed by atoms with Crippen LogP contribution in [0.25, 0.3) is 11.1 Å². The van der Waals surface area contributed by atoms with Crippen LogP contribution in [0.4, 0.5) is 5.69 Å². The van der Waals surface area contributed by atoms with Gasteiger partial charge >= 0.3 is 5.97 Å². The van der Waals surface area contributed by atoms with Crippen molar-refractivity contribution < 1.29 is 19.5 Å². The van der Waals surface area contributed by atoms with Crippen LogP contribution in [0.15, 0.2) is 78.9 Å². The quantitative estimate of drug-likeness (QED) is 0.405. The van der Waals surface area contributed by atoms with E-state index in [1.54, 1.807) is 17.0 Å². The van der Waals surface area contributed by atoms with Crippen LogP contribution < -0.4 is 5.32 Å². The number of anilines is 1. The molecule has 0 saturated carbocycles. The van der Waals surface area contributed by atoms with Crippen LogP contribution in [0.3, 0.4) is 0 Å². The number of carboxylic acid groups (broad SMARTS) is 1. The molecule has 0 saturated heterocycles. The predicted octanol–water partition coefficient (Wildman–Crippen LogP) is 4.76. The molecule has 0 bridgehead atoms. The van der Waals surface area contributed by atoms with Crippen molar-refractivity contribution in [2.75, 3.05) is 26.0 Å². The maximum absolute atomic E-state index is 12.7. The van der Waals surface area contributed by atoms with Crippen LogP contribution in [0.2, 0.25) is 0 Å². The summed E-state index contributed by atoms with van der Waals surface area (Å²) in [5.74, 6) is -1.92. The molecule has 1 atom stereocenters. The third-order valence-corrected chi connectivity index (χ3v) is 5.57. The highest BCUT2D eigenvalue weighted by Crippen LogP contribution is 2.23. The number of hydrogen-bond acceptors (Lipinski definition) is 4. The first-order valence-corrected chi connectivity index (χ1v) is 11.3. The average Bonchev–Trinajstić information content (AvgIpc) is 2.82. The predicted molar refractivity (Wildman–Crippen MR) is 134 cm³/mol. The number of carbonyl (C=O) groups excluding carboxylic acids is 2. The Kier molecular flexibility index (Phi) is 8.71. The molecule has 1 unspecified atom stereocenters. The Labute approximate surface area is 200 Å². The monoisotopic (exact) mass is 458 g/mol. The molecule has 6 nitrogen and oxygen atoms in total. The van der Waals surface area contributed by atoms with E-state index in [1.807, 2.05) is 80.8 Å². The van der Waals surface area contributed by atoms with Gasteiger partial charge in [-0.3, -0.25) is 14.4 Å². The number of ketones is 1. The van der Waals surface area contributed by atoms with E-state index >= 15 is 0 Å².